The second-order valence-electron chi connectivity index (χ2n) is 9.48. The summed E-state index contributed by atoms with van der Waals surface area (Å²) < 4.78 is 22.5. The van der Waals surface area contributed by atoms with E-state index in [1.54, 1.807) is 27.7 Å². The lowest BCUT2D eigenvalue weighted by Gasteiger charge is -2.32. The minimum Gasteiger partial charge on any atom is -0.464 e. The van der Waals surface area contributed by atoms with E-state index in [-0.39, 0.29) is 13.0 Å². The molecule has 0 aliphatic carbocycles. The summed E-state index contributed by atoms with van der Waals surface area (Å²) in [5.74, 6) is -0.501. The van der Waals surface area contributed by atoms with Gasteiger partial charge in [0.2, 0.25) is 0 Å². The van der Waals surface area contributed by atoms with Crippen molar-refractivity contribution in [3.05, 3.63) is 29.8 Å². The van der Waals surface area contributed by atoms with Crippen LogP contribution in [0.5, 0.6) is 0 Å². The lowest BCUT2D eigenvalue weighted by molar-refractivity contribution is -0.145. The van der Waals surface area contributed by atoms with Crippen LogP contribution in [0.15, 0.2) is 24.3 Å². The maximum atomic E-state index is 12.3. The van der Waals surface area contributed by atoms with Gasteiger partial charge in [0.05, 0.1) is 17.8 Å². The van der Waals surface area contributed by atoms with Gasteiger partial charge in [0.15, 0.2) is 0 Å². The van der Waals surface area contributed by atoms with Crippen molar-refractivity contribution in [2.24, 2.45) is 0 Å². The lowest BCUT2D eigenvalue weighted by atomic mass is 9.78. The number of nitrogens with one attached hydrogen (secondary N) is 1. The molecule has 0 saturated carbocycles. The molecular weight excluding hydrogens is 385 g/mol. The van der Waals surface area contributed by atoms with E-state index in [1.165, 1.54) is 0 Å². The van der Waals surface area contributed by atoms with Crippen molar-refractivity contribution in [3.8, 4) is 0 Å². The Bertz CT molecular complexity index is 738. The van der Waals surface area contributed by atoms with Gasteiger partial charge in [-0.05, 0) is 66.4 Å². The molecule has 1 amide bonds. The molecule has 7 nitrogen and oxygen atoms in total. The van der Waals surface area contributed by atoms with Gasteiger partial charge in [-0.25, -0.2) is 9.59 Å². The molecule has 30 heavy (non-hydrogen) atoms. The summed E-state index contributed by atoms with van der Waals surface area (Å²) in [6.07, 6.45) is -0.378. The van der Waals surface area contributed by atoms with Gasteiger partial charge in [0, 0.05) is 6.42 Å². The van der Waals surface area contributed by atoms with Crippen LogP contribution in [0.3, 0.4) is 0 Å². The molecule has 8 heteroatoms. The first kappa shape index (κ1) is 24.2. The first-order valence-corrected chi connectivity index (χ1v) is 10.3. The fraction of sp³-hybridized carbons (Fsp3) is 0.636. The molecule has 1 aliphatic rings. The smallest absolute Gasteiger partial charge is 0.464 e. The van der Waals surface area contributed by atoms with E-state index in [4.69, 9.17) is 18.8 Å². The summed E-state index contributed by atoms with van der Waals surface area (Å²) in [6.45, 7) is 15.3. The molecule has 1 aromatic rings. The highest BCUT2D eigenvalue weighted by atomic mass is 16.7. The summed E-state index contributed by atoms with van der Waals surface area (Å²) in [4.78, 5) is 24.5. The summed E-state index contributed by atoms with van der Waals surface area (Å²) in [7, 11) is -0.454. The maximum absolute atomic E-state index is 12.3. The van der Waals surface area contributed by atoms with Crippen molar-refractivity contribution in [3.63, 3.8) is 0 Å². The number of carbonyl (C=O) groups excluding carboxylic acids is 2. The van der Waals surface area contributed by atoms with Crippen molar-refractivity contribution in [2.75, 3.05) is 6.61 Å². The highest BCUT2D eigenvalue weighted by molar-refractivity contribution is 6.62. The first-order valence-electron chi connectivity index (χ1n) is 10.3. The van der Waals surface area contributed by atoms with E-state index in [0.717, 1.165) is 11.0 Å². The first-order chi connectivity index (χ1) is 13.7. The molecule has 0 bridgehead atoms. The number of benzene rings is 1. The van der Waals surface area contributed by atoms with Crippen molar-refractivity contribution in [1.82, 2.24) is 5.32 Å². The Kier molecular flexibility index (Phi) is 7.25. The Hall–Kier alpha value is -2.06. The molecule has 0 radical (unpaired) electrons. The molecule has 1 saturated heterocycles. The van der Waals surface area contributed by atoms with Gasteiger partial charge in [-0.1, -0.05) is 24.3 Å². The number of esters is 1. The molecule has 166 valence electrons. The van der Waals surface area contributed by atoms with Gasteiger partial charge < -0.3 is 24.1 Å². The average molecular weight is 419 g/mol. The van der Waals surface area contributed by atoms with Crippen LogP contribution in [0.25, 0.3) is 0 Å². The zero-order chi connectivity index (χ0) is 22.7. The molecule has 1 aromatic carbocycles. The summed E-state index contributed by atoms with van der Waals surface area (Å²) in [6, 6.07) is 6.76. The van der Waals surface area contributed by atoms with Crippen molar-refractivity contribution in [2.45, 2.75) is 84.7 Å². The number of hydrogen-bond acceptors (Lipinski definition) is 6. The number of rotatable bonds is 6. The van der Waals surface area contributed by atoms with Crippen LogP contribution in [0, 0.1) is 0 Å². The van der Waals surface area contributed by atoms with Crippen LogP contribution in [0.2, 0.25) is 0 Å². The molecule has 0 spiro atoms. The molecular formula is C22H34BNO6. The molecule has 1 aliphatic heterocycles. The number of alkyl carbamates (subject to hydrolysis) is 1. The van der Waals surface area contributed by atoms with E-state index in [1.807, 2.05) is 52.0 Å². The minimum atomic E-state index is -0.845. The van der Waals surface area contributed by atoms with Crippen LogP contribution < -0.4 is 10.8 Å². The molecule has 1 atom stereocenters. The Labute approximate surface area is 179 Å². The van der Waals surface area contributed by atoms with E-state index in [9.17, 15) is 9.59 Å². The van der Waals surface area contributed by atoms with Crippen molar-refractivity contribution >= 4 is 24.6 Å². The number of hydrogen-bond donors (Lipinski definition) is 1. The molecule has 0 aromatic heterocycles. The number of ether oxygens (including phenoxy) is 2. The Morgan fingerprint density at radius 3 is 2.07 bits per heavy atom. The fourth-order valence-electron chi connectivity index (χ4n) is 2.91. The average Bonchev–Trinajstić information content (AvgIpc) is 2.81. The lowest BCUT2D eigenvalue weighted by Crippen LogP contribution is -2.45. The molecule has 1 N–H and O–H groups in total. The predicted molar refractivity (Wildman–Crippen MR) is 116 cm³/mol. The number of carbonyl (C=O) groups is 2. The standard InChI is InChI=1S/C22H34BNO6/c1-9-27-18(25)17(24-19(26)28-20(2,3)4)14-15-10-12-16(13-11-15)23-29-21(5,6)22(7,8)30-23/h10-13,17H,9,14H2,1-8H3,(H,24,26)/t17-/m0/s1. The second-order valence-corrected chi connectivity index (χ2v) is 9.48. The SMILES string of the molecule is CCOC(=O)[C@H](Cc1ccc(B2OC(C)(C)C(C)(C)O2)cc1)NC(=O)OC(C)(C)C. The van der Waals surface area contributed by atoms with Crippen molar-refractivity contribution in [1.29, 1.82) is 0 Å². The topological polar surface area (TPSA) is 83.1 Å². The summed E-state index contributed by atoms with van der Waals surface area (Å²) in [5.41, 5.74) is 0.272. The van der Waals surface area contributed by atoms with E-state index >= 15 is 0 Å². The summed E-state index contributed by atoms with van der Waals surface area (Å²) >= 11 is 0. The van der Waals surface area contributed by atoms with E-state index in [2.05, 4.69) is 5.32 Å². The Balaban J connectivity index is 2.09. The second kappa shape index (κ2) is 8.98. The van der Waals surface area contributed by atoms with Crippen molar-refractivity contribution < 1.29 is 28.4 Å². The summed E-state index contributed by atoms with van der Waals surface area (Å²) in [5, 5.41) is 2.61. The van der Waals surface area contributed by atoms with Gasteiger partial charge in [-0.15, -0.1) is 0 Å². The third-order valence-electron chi connectivity index (χ3n) is 5.21. The Morgan fingerprint density at radius 1 is 1.07 bits per heavy atom. The predicted octanol–water partition coefficient (Wildman–Crippen LogP) is 2.98. The van der Waals surface area contributed by atoms with Gasteiger partial charge in [0.25, 0.3) is 0 Å². The highest BCUT2D eigenvalue weighted by Gasteiger charge is 2.51. The molecule has 0 unspecified atom stereocenters. The zero-order valence-corrected chi connectivity index (χ0v) is 19.3. The van der Waals surface area contributed by atoms with Crippen LogP contribution in [-0.2, 0) is 30.0 Å². The van der Waals surface area contributed by atoms with Crippen LogP contribution in [-0.4, -0.2) is 48.6 Å². The normalized spacial score (nSPS) is 18.6. The maximum Gasteiger partial charge on any atom is 0.494 e. The third-order valence-corrected chi connectivity index (χ3v) is 5.21. The third kappa shape index (κ3) is 6.22. The van der Waals surface area contributed by atoms with Crippen LogP contribution in [0.4, 0.5) is 4.79 Å². The zero-order valence-electron chi connectivity index (χ0n) is 19.3. The monoisotopic (exact) mass is 419 g/mol. The number of amides is 1. The van der Waals surface area contributed by atoms with Gasteiger partial charge in [0.1, 0.15) is 11.6 Å². The minimum absolute atomic E-state index is 0.228. The largest absolute Gasteiger partial charge is 0.494 e. The highest BCUT2D eigenvalue weighted by Crippen LogP contribution is 2.36. The van der Waals surface area contributed by atoms with Gasteiger partial charge in [-0.2, -0.15) is 0 Å². The van der Waals surface area contributed by atoms with E-state index < -0.39 is 42.0 Å². The fourth-order valence-corrected chi connectivity index (χ4v) is 2.91. The van der Waals surface area contributed by atoms with Crippen LogP contribution >= 0.6 is 0 Å². The molecule has 1 heterocycles. The van der Waals surface area contributed by atoms with E-state index in [0.29, 0.717) is 0 Å². The quantitative estimate of drug-likeness (QED) is 0.564. The van der Waals surface area contributed by atoms with Crippen LogP contribution in [0.1, 0.15) is 61.0 Å². The Morgan fingerprint density at radius 2 is 1.60 bits per heavy atom. The molecule has 1 fully saturated rings. The van der Waals surface area contributed by atoms with Gasteiger partial charge in [-0.3, -0.25) is 0 Å². The van der Waals surface area contributed by atoms with Gasteiger partial charge >= 0.3 is 19.2 Å². The molecule has 2 rings (SSSR count).